The van der Waals surface area contributed by atoms with Gasteiger partial charge in [0, 0.05) is 19.4 Å². The number of carbonyl (C=O) groups excluding carboxylic acids is 1. The second-order valence-corrected chi connectivity index (χ2v) is 7.75. The normalized spacial score (nSPS) is 18.9. The van der Waals surface area contributed by atoms with Crippen LogP contribution in [-0.4, -0.2) is 42.7 Å². The van der Waals surface area contributed by atoms with E-state index in [9.17, 15) is 4.79 Å². The van der Waals surface area contributed by atoms with E-state index in [0.29, 0.717) is 26.0 Å². The highest BCUT2D eigenvalue weighted by Crippen LogP contribution is 2.26. The molecule has 1 fully saturated rings. The number of methoxy groups -OCH3 is 1. The minimum Gasteiger partial charge on any atom is -0.496 e. The molecule has 1 amide bonds. The zero-order chi connectivity index (χ0) is 19.3. The maximum atomic E-state index is 13.0. The summed E-state index contributed by atoms with van der Waals surface area (Å²) < 4.78 is 11.5. The molecule has 2 aromatic rings. The molecule has 4 heteroatoms. The lowest BCUT2D eigenvalue weighted by atomic mass is 9.97. The van der Waals surface area contributed by atoms with Crippen LogP contribution in [0.4, 0.5) is 0 Å². The van der Waals surface area contributed by atoms with E-state index in [1.54, 1.807) is 7.11 Å². The predicted molar refractivity (Wildman–Crippen MR) is 107 cm³/mol. The van der Waals surface area contributed by atoms with Crippen LogP contribution in [0, 0.1) is 0 Å². The number of carbonyl (C=O) groups is 1. The van der Waals surface area contributed by atoms with Crippen LogP contribution in [0.5, 0.6) is 5.75 Å². The summed E-state index contributed by atoms with van der Waals surface area (Å²) >= 11 is 0. The van der Waals surface area contributed by atoms with E-state index in [2.05, 4.69) is 26.0 Å². The summed E-state index contributed by atoms with van der Waals surface area (Å²) in [7, 11) is 1.67. The quantitative estimate of drug-likeness (QED) is 0.778. The van der Waals surface area contributed by atoms with Crippen molar-refractivity contribution in [1.82, 2.24) is 4.90 Å². The van der Waals surface area contributed by atoms with Crippen molar-refractivity contribution in [3.05, 3.63) is 65.7 Å². The van der Waals surface area contributed by atoms with E-state index >= 15 is 0 Å². The van der Waals surface area contributed by atoms with Crippen LogP contribution in [0.25, 0.3) is 0 Å². The van der Waals surface area contributed by atoms with E-state index in [0.717, 1.165) is 17.7 Å². The third kappa shape index (κ3) is 4.89. The number of nitrogens with zero attached hydrogens (tertiary/aromatic N) is 1. The summed E-state index contributed by atoms with van der Waals surface area (Å²) in [6, 6.07) is 18.2. The second kappa shape index (κ2) is 8.57. The molecule has 0 radical (unpaired) electrons. The zero-order valence-electron chi connectivity index (χ0n) is 16.5. The molecule has 3 rings (SSSR count). The van der Waals surface area contributed by atoms with Gasteiger partial charge in [-0.25, -0.2) is 0 Å². The van der Waals surface area contributed by atoms with Gasteiger partial charge < -0.3 is 14.4 Å². The molecule has 1 atom stereocenters. The number of rotatable bonds is 6. The summed E-state index contributed by atoms with van der Waals surface area (Å²) in [5.74, 6) is 1.01. The number of morpholine rings is 1. The third-order valence-corrected chi connectivity index (χ3v) is 5.20. The van der Waals surface area contributed by atoms with Gasteiger partial charge in [0.05, 0.1) is 25.4 Å². The van der Waals surface area contributed by atoms with Gasteiger partial charge in [-0.2, -0.15) is 0 Å². The highest BCUT2D eigenvalue weighted by atomic mass is 16.5. The molecule has 0 spiro atoms. The largest absolute Gasteiger partial charge is 0.496 e. The average Bonchev–Trinajstić information content (AvgIpc) is 2.68. The first-order valence-corrected chi connectivity index (χ1v) is 9.57. The Bertz CT molecular complexity index is 757. The van der Waals surface area contributed by atoms with E-state index < -0.39 is 0 Å². The maximum absolute atomic E-state index is 13.0. The Kier molecular flexibility index (Phi) is 6.17. The third-order valence-electron chi connectivity index (χ3n) is 5.20. The van der Waals surface area contributed by atoms with Crippen LogP contribution >= 0.6 is 0 Å². The van der Waals surface area contributed by atoms with Crippen LogP contribution < -0.4 is 4.74 Å². The number of benzene rings is 2. The number of amides is 1. The van der Waals surface area contributed by atoms with Crippen LogP contribution in [0.3, 0.4) is 0 Å². The molecule has 2 aromatic carbocycles. The van der Waals surface area contributed by atoms with Crippen molar-refractivity contribution in [2.75, 3.05) is 20.3 Å². The highest BCUT2D eigenvalue weighted by Gasteiger charge is 2.37. The van der Waals surface area contributed by atoms with Gasteiger partial charge in [0.25, 0.3) is 0 Å². The summed E-state index contributed by atoms with van der Waals surface area (Å²) in [6.07, 6.45) is 2.02. The molecule has 1 saturated heterocycles. The minimum absolute atomic E-state index is 0.0376. The molecular weight excluding hydrogens is 338 g/mol. The number of hydrogen-bond donors (Lipinski definition) is 0. The van der Waals surface area contributed by atoms with Gasteiger partial charge >= 0.3 is 0 Å². The molecular formula is C23H29NO3. The highest BCUT2D eigenvalue weighted by molar-refractivity contribution is 5.77. The minimum atomic E-state index is -0.287. The fourth-order valence-electron chi connectivity index (χ4n) is 3.63. The Hall–Kier alpha value is -2.33. The molecule has 27 heavy (non-hydrogen) atoms. The SMILES string of the molecule is COc1ccccc1CCC(=O)N1CC(Cc2ccccc2)OCC1(C)C. The Morgan fingerprint density at radius 2 is 1.85 bits per heavy atom. The second-order valence-electron chi connectivity index (χ2n) is 7.75. The number of hydrogen-bond acceptors (Lipinski definition) is 3. The summed E-state index contributed by atoms with van der Waals surface area (Å²) in [5.41, 5.74) is 2.02. The lowest BCUT2D eigenvalue weighted by Gasteiger charge is -2.45. The molecule has 1 aliphatic heterocycles. The number of ether oxygens (including phenoxy) is 2. The smallest absolute Gasteiger partial charge is 0.223 e. The lowest BCUT2D eigenvalue weighted by molar-refractivity contribution is -0.154. The summed E-state index contributed by atoms with van der Waals surface area (Å²) in [6.45, 7) is 5.34. The molecule has 0 aromatic heterocycles. The molecule has 0 N–H and O–H groups in total. The predicted octanol–water partition coefficient (Wildman–Crippen LogP) is 3.88. The molecule has 1 unspecified atom stereocenters. The van der Waals surface area contributed by atoms with E-state index in [1.165, 1.54) is 5.56 Å². The lowest BCUT2D eigenvalue weighted by Crippen LogP contribution is -2.58. The Morgan fingerprint density at radius 1 is 1.15 bits per heavy atom. The van der Waals surface area contributed by atoms with Gasteiger partial charge in [-0.3, -0.25) is 4.79 Å². The average molecular weight is 367 g/mol. The fourth-order valence-corrected chi connectivity index (χ4v) is 3.63. The molecule has 1 aliphatic rings. The fraction of sp³-hybridized carbons (Fsp3) is 0.435. The first-order chi connectivity index (χ1) is 13.0. The van der Waals surface area contributed by atoms with Crippen LogP contribution in [0.1, 0.15) is 31.4 Å². The Labute approximate surface area is 162 Å². The van der Waals surface area contributed by atoms with Gasteiger partial charge in [0.1, 0.15) is 5.75 Å². The zero-order valence-corrected chi connectivity index (χ0v) is 16.5. The number of aryl methyl sites for hydroxylation is 1. The Morgan fingerprint density at radius 3 is 2.59 bits per heavy atom. The van der Waals surface area contributed by atoms with Crippen molar-refractivity contribution >= 4 is 5.91 Å². The molecule has 1 heterocycles. The first kappa shape index (κ1) is 19.4. The standard InChI is InChI=1S/C23H29NO3/c1-23(2)17-27-20(15-18-9-5-4-6-10-18)16-24(23)22(25)14-13-19-11-7-8-12-21(19)26-3/h4-12,20H,13-17H2,1-3H3. The van der Waals surface area contributed by atoms with Crippen LogP contribution in [0.15, 0.2) is 54.6 Å². The van der Waals surface area contributed by atoms with Crippen molar-refractivity contribution in [3.63, 3.8) is 0 Å². The molecule has 0 aliphatic carbocycles. The first-order valence-electron chi connectivity index (χ1n) is 9.57. The van der Waals surface area contributed by atoms with Gasteiger partial charge in [-0.15, -0.1) is 0 Å². The molecule has 4 nitrogen and oxygen atoms in total. The topological polar surface area (TPSA) is 38.8 Å². The van der Waals surface area contributed by atoms with Gasteiger partial charge in [0.2, 0.25) is 5.91 Å². The van der Waals surface area contributed by atoms with Gasteiger partial charge in [0.15, 0.2) is 0 Å². The van der Waals surface area contributed by atoms with Crippen LogP contribution in [-0.2, 0) is 22.4 Å². The van der Waals surface area contributed by atoms with E-state index in [1.807, 2.05) is 47.4 Å². The van der Waals surface area contributed by atoms with Crippen molar-refractivity contribution in [1.29, 1.82) is 0 Å². The van der Waals surface area contributed by atoms with Crippen molar-refractivity contribution in [3.8, 4) is 5.75 Å². The van der Waals surface area contributed by atoms with E-state index in [-0.39, 0.29) is 17.6 Å². The van der Waals surface area contributed by atoms with E-state index in [4.69, 9.17) is 9.47 Å². The Balaban J connectivity index is 1.64. The van der Waals surface area contributed by atoms with Crippen LogP contribution in [0.2, 0.25) is 0 Å². The van der Waals surface area contributed by atoms with Gasteiger partial charge in [-0.1, -0.05) is 48.5 Å². The van der Waals surface area contributed by atoms with Crippen molar-refractivity contribution in [2.45, 2.75) is 44.8 Å². The molecule has 0 saturated carbocycles. The summed E-state index contributed by atoms with van der Waals surface area (Å²) in [5, 5.41) is 0. The summed E-state index contributed by atoms with van der Waals surface area (Å²) in [4.78, 5) is 15.0. The molecule has 0 bridgehead atoms. The van der Waals surface area contributed by atoms with Crippen molar-refractivity contribution < 1.29 is 14.3 Å². The monoisotopic (exact) mass is 367 g/mol. The molecule has 144 valence electrons. The van der Waals surface area contributed by atoms with Gasteiger partial charge in [-0.05, 0) is 37.5 Å². The number of para-hydroxylation sites is 1. The van der Waals surface area contributed by atoms with Crippen molar-refractivity contribution in [2.24, 2.45) is 0 Å². The maximum Gasteiger partial charge on any atom is 0.223 e.